The zero-order chi connectivity index (χ0) is 14.7. The topological polar surface area (TPSA) is 9.23 Å². The highest BCUT2D eigenvalue weighted by Gasteiger charge is 2.21. The van der Waals surface area contributed by atoms with E-state index >= 15 is 0 Å². The van der Waals surface area contributed by atoms with Crippen molar-refractivity contribution in [2.75, 3.05) is 6.61 Å². The van der Waals surface area contributed by atoms with Crippen LogP contribution in [0, 0.1) is 12.7 Å². The highest BCUT2D eigenvalue weighted by Crippen LogP contribution is 2.40. The van der Waals surface area contributed by atoms with Crippen molar-refractivity contribution < 1.29 is 9.13 Å². The fraction of sp³-hybridized carbons (Fsp3) is 0.250. The van der Waals surface area contributed by atoms with Crippen molar-refractivity contribution in [1.82, 2.24) is 0 Å². The lowest BCUT2D eigenvalue weighted by molar-refractivity contribution is 0.336. The Bertz CT molecular complexity index is 595. The summed E-state index contributed by atoms with van der Waals surface area (Å²) in [4.78, 5) is 0. The molecule has 2 aromatic rings. The van der Waals surface area contributed by atoms with Crippen molar-refractivity contribution >= 4 is 27.5 Å². The Morgan fingerprint density at radius 2 is 2.05 bits per heavy atom. The highest BCUT2D eigenvalue weighted by molar-refractivity contribution is 9.10. The van der Waals surface area contributed by atoms with Gasteiger partial charge < -0.3 is 4.74 Å². The van der Waals surface area contributed by atoms with Gasteiger partial charge in [0.05, 0.1) is 12.0 Å². The molecular formula is C16H15BrClFO. The Labute approximate surface area is 131 Å². The third-order valence-corrected chi connectivity index (χ3v) is 4.14. The lowest BCUT2D eigenvalue weighted by Gasteiger charge is -2.17. The van der Waals surface area contributed by atoms with Crippen LogP contribution in [0.3, 0.4) is 0 Å². The van der Waals surface area contributed by atoms with Crippen molar-refractivity contribution in [3.8, 4) is 5.75 Å². The molecule has 0 aromatic heterocycles. The SMILES string of the molecule is CCOc1ccc(C)cc1C(Cl)c1c(F)cccc1Br. The molecule has 2 aromatic carbocycles. The first-order chi connectivity index (χ1) is 9.54. The number of alkyl halides is 1. The van der Waals surface area contributed by atoms with E-state index < -0.39 is 5.38 Å². The molecule has 0 radical (unpaired) electrons. The van der Waals surface area contributed by atoms with Gasteiger partial charge in [-0.15, -0.1) is 11.6 Å². The Hall–Kier alpha value is -1.06. The third kappa shape index (κ3) is 3.15. The number of benzene rings is 2. The smallest absolute Gasteiger partial charge is 0.129 e. The largest absolute Gasteiger partial charge is 0.494 e. The molecule has 0 heterocycles. The molecule has 0 spiro atoms. The number of aryl methyl sites for hydroxylation is 1. The van der Waals surface area contributed by atoms with Crippen molar-refractivity contribution in [2.45, 2.75) is 19.2 Å². The minimum Gasteiger partial charge on any atom is -0.494 e. The standard InChI is InChI=1S/C16H15BrClFO/c1-3-20-14-8-7-10(2)9-11(14)16(18)15-12(17)5-4-6-13(15)19/h4-9,16H,3H2,1-2H3. The maximum absolute atomic E-state index is 14.0. The monoisotopic (exact) mass is 356 g/mol. The van der Waals surface area contributed by atoms with E-state index in [1.165, 1.54) is 6.07 Å². The Kier molecular flexibility index (Phi) is 5.06. The van der Waals surface area contributed by atoms with Gasteiger partial charge in [-0.1, -0.05) is 39.7 Å². The number of rotatable bonds is 4. The predicted octanol–water partition coefficient (Wildman–Crippen LogP) is 5.62. The molecule has 0 saturated heterocycles. The number of halogens is 3. The van der Waals surface area contributed by atoms with E-state index in [2.05, 4.69) is 15.9 Å². The molecule has 0 aliphatic carbocycles. The van der Waals surface area contributed by atoms with Crippen molar-refractivity contribution in [1.29, 1.82) is 0 Å². The van der Waals surface area contributed by atoms with Crippen LogP contribution in [0.2, 0.25) is 0 Å². The molecule has 0 saturated carbocycles. The normalized spacial score (nSPS) is 12.2. The van der Waals surface area contributed by atoms with Crippen LogP contribution in [0.25, 0.3) is 0 Å². The predicted molar refractivity (Wildman–Crippen MR) is 84.1 cm³/mol. The molecule has 4 heteroatoms. The zero-order valence-electron chi connectivity index (χ0n) is 11.3. The van der Waals surface area contributed by atoms with Crippen molar-refractivity contribution in [3.05, 3.63) is 63.4 Å². The van der Waals surface area contributed by atoms with Gasteiger partial charge in [0.1, 0.15) is 11.6 Å². The second-order valence-electron chi connectivity index (χ2n) is 4.47. The van der Waals surface area contributed by atoms with E-state index in [9.17, 15) is 4.39 Å². The average molecular weight is 358 g/mol. The van der Waals surface area contributed by atoms with E-state index in [1.807, 2.05) is 32.0 Å². The van der Waals surface area contributed by atoms with E-state index in [0.29, 0.717) is 22.4 Å². The first-order valence-corrected chi connectivity index (χ1v) is 7.58. The van der Waals surface area contributed by atoms with Crippen LogP contribution < -0.4 is 4.74 Å². The quantitative estimate of drug-likeness (QED) is 0.645. The summed E-state index contributed by atoms with van der Waals surface area (Å²) in [5.41, 5.74) is 2.27. The van der Waals surface area contributed by atoms with Crippen LogP contribution >= 0.6 is 27.5 Å². The van der Waals surface area contributed by atoms with Crippen molar-refractivity contribution in [3.63, 3.8) is 0 Å². The van der Waals surface area contributed by atoms with Crippen molar-refractivity contribution in [2.24, 2.45) is 0 Å². The van der Waals surface area contributed by atoms with E-state index in [1.54, 1.807) is 12.1 Å². The second-order valence-corrected chi connectivity index (χ2v) is 5.76. The molecule has 20 heavy (non-hydrogen) atoms. The minimum absolute atomic E-state index is 0.330. The average Bonchev–Trinajstić information content (AvgIpc) is 2.40. The summed E-state index contributed by atoms with van der Waals surface area (Å²) >= 11 is 9.87. The van der Waals surface area contributed by atoms with Gasteiger partial charge in [-0.3, -0.25) is 0 Å². The first-order valence-electron chi connectivity index (χ1n) is 6.36. The summed E-state index contributed by atoms with van der Waals surface area (Å²) in [6.07, 6.45) is 0. The Morgan fingerprint density at radius 1 is 1.30 bits per heavy atom. The summed E-state index contributed by atoms with van der Waals surface area (Å²) in [7, 11) is 0. The fourth-order valence-electron chi connectivity index (χ4n) is 2.06. The van der Waals surface area contributed by atoms with Gasteiger partial charge in [0.15, 0.2) is 0 Å². The molecule has 0 aliphatic rings. The van der Waals surface area contributed by atoms with Gasteiger partial charge >= 0.3 is 0 Å². The second kappa shape index (κ2) is 6.59. The Morgan fingerprint density at radius 3 is 2.70 bits per heavy atom. The van der Waals surface area contributed by atoms with Gasteiger partial charge in [0.2, 0.25) is 0 Å². The van der Waals surface area contributed by atoms with Crippen LogP contribution in [0.4, 0.5) is 4.39 Å². The lowest BCUT2D eigenvalue weighted by Crippen LogP contribution is -2.03. The van der Waals surface area contributed by atoms with Crippen LogP contribution in [0.1, 0.15) is 29.0 Å². The molecule has 1 nitrogen and oxygen atoms in total. The zero-order valence-corrected chi connectivity index (χ0v) is 13.6. The molecule has 0 aliphatic heterocycles. The highest BCUT2D eigenvalue weighted by atomic mass is 79.9. The fourth-order valence-corrected chi connectivity index (χ4v) is 3.16. The molecule has 2 rings (SSSR count). The summed E-state index contributed by atoms with van der Waals surface area (Å²) in [5.74, 6) is 0.358. The maximum Gasteiger partial charge on any atom is 0.129 e. The van der Waals surface area contributed by atoms with E-state index in [-0.39, 0.29) is 5.82 Å². The summed E-state index contributed by atoms with van der Waals surface area (Å²) in [6.45, 7) is 4.42. The third-order valence-electron chi connectivity index (χ3n) is 2.99. The molecule has 0 N–H and O–H groups in total. The van der Waals surface area contributed by atoms with Gasteiger partial charge in [0.25, 0.3) is 0 Å². The molecule has 1 unspecified atom stereocenters. The Balaban J connectivity index is 2.52. The van der Waals surface area contributed by atoms with Crippen LogP contribution in [0.15, 0.2) is 40.9 Å². The lowest BCUT2D eigenvalue weighted by atomic mass is 10.0. The minimum atomic E-state index is -0.605. The number of ether oxygens (including phenoxy) is 1. The summed E-state index contributed by atoms with van der Waals surface area (Å²) < 4.78 is 20.3. The number of hydrogen-bond donors (Lipinski definition) is 0. The molecular weight excluding hydrogens is 343 g/mol. The van der Waals surface area contributed by atoms with Crippen LogP contribution in [-0.2, 0) is 0 Å². The molecule has 0 bridgehead atoms. The van der Waals surface area contributed by atoms with E-state index in [0.717, 1.165) is 11.1 Å². The molecule has 1 atom stereocenters. The molecule has 0 fully saturated rings. The maximum atomic E-state index is 14.0. The summed E-state index contributed by atoms with van der Waals surface area (Å²) in [5, 5.41) is -0.605. The first kappa shape index (κ1) is 15.3. The van der Waals surface area contributed by atoms with Crippen LogP contribution in [-0.4, -0.2) is 6.61 Å². The summed E-state index contributed by atoms with van der Waals surface area (Å²) in [6, 6.07) is 10.6. The van der Waals surface area contributed by atoms with E-state index in [4.69, 9.17) is 16.3 Å². The van der Waals surface area contributed by atoms with Gasteiger partial charge in [0, 0.05) is 15.6 Å². The number of hydrogen-bond acceptors (Lipinski definition) is 1. The van der Waals surface area contributed by atoms with Gasteiger partial charge in [-0.25, -0.2) is 4.39 Å². The molecule has 106 valence electrons. The van der Waals surface area contributed by atoms with Gasteiger partial charge in [-0.05, 0) is 32.0 Å². The molecule has 0 amide bonds. The van der Waals surface area contributed by atoms with Crippen LogP contribution in [0.5, 0.6) is 5.75 Å². The van der Waals surface area contributed by atoms with Gasteiger partial charge in [-0.2, -0.15) is 0 Å².